The van der Waals surface area contributed by atoms with Crippen molar-refractivity contribution in [1.29, 1.82) is 0 Å². The highest BCUT2D eigenvalue weighted by Crippen LogP contribution is 2.14. The van der Waals surface area contributed by atoms with Crippen LogP contribution in [-0.4, -0.2) is 35.0 Å². The van der Waals surface area contributed by atoms with Crippen LogP contribution in [0.4, 0.5) is 0 Å². The number of nitrogens with one attached hydrogen (secondary N) is 1. The van der Waals surface area contributed by atoms with Gasteiger partial charge in [0.2, 0.25) is 5.91 Å². The third-order valence-electron chi connectivity index (χ3n) is 4.43. The van der Waals surface area contributed by atoms with Gasteiger partial charge >= 0.3 is 0 Å². The number of primary amides is 1. The molecule has 0 aromatic heterocycles. The Morgan fingerprint density at radius 2 is 1.77 bits per heavy atom. The fourth-order valence-corrected chi connectivity index (χ4v) is 2.91. The number of nitrogens with zero attached hydrogens (tertiary/aromatic N) is 1. The van der Waals surface area contributed by atoms with Gasteiger partial charge < -0.3 is 15.4 Å². The molecule has 0 bridgehead atoms. The van der Waals surface area contributed by atoms with Crippen LogP contribution in [0.15, 0.2) is 54.6 Å². The second kappa shape index (κ2) is 11.9. The van der Waals surface area contributed by atoms with E-state index < -0.39 is 5.91 Å². The van der Waals surface area contributed by atoms with Crippen molar-refractivity contribution >= 4 is 29.1 Å². The molecule has 30 heavy (non-hydrogen) atoms. The molecule has 0 unspecified atom stereocenters. The maximum Gasteiger partial charge on any atom is 0.257 e. The number of hydrogen-bond donors (Lipinski definition) is 2. The first-order valence-electron chi connectivity index (χ1n) is 10.0. The van der Waals surface area contributed by atoms with Crippen molar-refractivity contribution in [3.8, 4) is 5.75 Å². The van der Waals surface area contributed by atoms with E-state index in [1.807, 2.05) is 30.3 Å². The van der Waals surface area contributed by atoms with Gasteiger partial charge in [0.05, 0.1) is 6.61 Å². The summed E-state index contributed by atoms with van der Waals surface area (Å²) in [5.74, 6) is 0.563. The fraction of sp³-hybridized carbons (Fsp3) is 0.348. The molecule has 0 heterocycles. The molecule has 160 valence electrons. The minimum absolute atomic E-state index is 0.144. The van der Waals surface area contributed by atoms with E-state index in [1.165, 1.54) is 0 Å². The largest absolute Gasteiger partial charge is 0.494 e. The van der Waals surface area contributed by atoms with E-state index in [0.717, 1.165) is 17.7 Å². The van der Waals surface area contributed by atoms with Crippen LogP contribution >= 0.6 is 12.2 Å². The quantitative estimate of drug-likeness (QED) is 0.567. The third-order valence-corrected chi connectivity index (χ3v) is 4.79. The summed E-state index contributed by atoms with van der Waals surface area (Å²) in [6, 6.07) is 16.6. The maximum absolute atomic E-state index is 12.6. The molecule has 2 aromatic carbocycles. The Morgan fingerprint density at radius 1 is 1.10 bits per heavy atom. The molecule has 0 radical (unpaired) electrons. The molecule has 2 amide bonds. The Kier molecular flexibility index (Phi) is 9.28. The van der Waals surface area contributed by atoms with Gasteiger partial charge in [-0.15, -0.1) is 0 Å². The van der Waals surface area contributed by atoms with E-state index in [1.54, 1.807) is 29.2 Å². The first-order valence-corrected chi connectivity index (χ1v) is 10.4. The topological polar surface area (TPSA) is 84.7 Å². The number of carbonyl (C=O) groups is 2. The second-order valence-corrected chi connectivity index (χ2v) is 7.82. The van der Waals surface area contributed by atoms with Crippen molar-refractivity contribution in [1.82, 2.24) is 10.2 Å². The van der Waals surface area contributed by atoms with E-state index in [9.17, 15) is 9.59 Å². The Balaban J connectivity index is 1.97. The Hall–Kier alpha value is -2.93. The highest BCUT2D eigenvalue weighted by atomic mass is 32.1. The normalized spacial score (nSPS) is 10.5. The summed E-state index contributed by atoms with van der Waals surface area (Å²) in [6.45, 7) is 5.72. The minimum atomic E-state index is -0.421. The lowest BCUT2D eigenvalue weighted by molar-refractivity contribution is -0.118. The number of carbonyl (C=O) groups excluding carboxylic acids is 2. The summed E-state index contributed by atoms with van der Waals surface area (Å²) in [5.41, 5.74) is 6.77. The molecule has 0 fully saturated rings. The zero-order valence-corrected chi connectivity index (χ0v) is 18.3. The number of benzene rings is 2. The third kappa shape index (κ3) is 8.21. The van der Waals surface area contributed by atoms with Crippen molar-refractivity contribution in [3.05, 3.63) is 65.7 Å². The average molecular weight is 428 g/mol. The van der Waals surface area contributed by atoms with Crippen molar-refractivity contribution in [2.24, 2.45) is 11.7 Å². The van der Waals surface area contributed by atoms with Gasteiger partial charge in [0.15, 0.2) is 5.11 Å². The number of thiocarbonyl (C=S) groups is 1. The van der Waals surface area contributed by atoms with Crippen LogP contribution in [0, 0.1) is 5.92 Å². The summed E-state index contributed by atoms with van der Waals surface area (Å²) < 4.78 is 5.68. The van der Waals surface area contributed by atoms with Crippen LogP contribution in [0.5, 0.6) is 5.75 Å². The highest BCUT2D eigenvalue weighted by Gasteiger charge is 2.15. The lowest BCUT2D eigenvalue weighted by Crippen LogP contribution is -2.43. The van der Waals surface area contributed by atoms with Gasteiger partial charge in [-0.2, -0.15) is 0 Å². The number of amides is 2. The smallest absolute Gasteiger partial charge is 0.257 e. The lowest BCUT2D eigenvalue weighted by Gasteiger charge is -2.25. The molecule has 0 atom stereocenters. The van der Waals surface area contributed by atoms with Gasteiger partial charge in [0.25, 0.3) is 5.91 Å². The standard InChI is InChI=1S/C23H29N3O3S/c1-17(2)13-15-29-20-10-8-19(9-11-20)22(28)25-23(30)26(14-12-21(24)27)16-18-6-4-3-5-7-18/h3-11,17H,12-16H2,1-2H3,(H2,24,27)(H,25,28,30). The van der Waals surface area contributed by atoms with Crippen molar-refractivity contribution < 1.29 is 14.3 Å². The fourth-order valence-electron chi connectivity index (χ4n) is 2.66. The molecule has 0 aliphatic rings. The van der Waals surface area contributed by atoms with Crippen molar-refractivity contribution in [3.63, 3.8) is 0 Å². The van der Waals surface area contributed by atoms with Gasteiger partial charge in [-0.25, -0.2) is 0 Å². The number of hydrogen-bond acceptors (Lipinski definition) is 4. The van der Waals surface area contributed by atoms with E-state index in [-0.39, 0.29) is 17.4 Å². The number of rotatable bonds is 10. The predicted molar refractivity (Wildman–Crippen MR) is 122 cm³/mol. The molecule has 2 rings (SSSR count). The summed E-state index contributed by atoms with van der Waals surface area (Å²) in [7, 11) is 0. The molecule has 0 saturated carbocycles. The van der Waals surface area contributed by atoms with Crippen LogP contribution in [-0.2, 0) is 11.3 Å². The molecule has 0 saturated heterocycles. The lowest BCUT2D eigenvalue weighted by atomic mass is 10.1. The van der Waals surface area contributed by atoms with E-state index >= 15 is 0 Å². The monoisotopic (exact) mass is 427 g/mol. The zero-order chi connectivity index (χ0) is 21.9. The average Bonchev–Trinajstić information content (AvgIpc) is 2.71. The maximum atomic E-state index is 12.6. The predicted octanol–water partition coefficient (Wildman–Crippen LogP) is 3.50. The van der Waals surface area contributed by atoms with Gasteiger partial charge in [0, 0.05) is 25.1 Å². The highest BCUT2D eigenvalue weighted by molar-refractivity contribution is 7.80. The molecule has 3 N–H and O–H groups in total. The van der Waals surface area contributed by atoms with Crippen molar-refractivity contribution in [2.75, 3.05) is 13.2 Å². The summed E-state index contributed by atoms with van der Waals surface area (Å²) in [5, 5.41) is 3.00. The molecule has 0 spiro atoms. The summed E-state index contributed by atoms with van der Waals surface area (Å²) >= 11 is 5.43. The van der Waals surface area contributed by atoms with Crippen LogP contribution < -0.4 is 15.8 Å². The van der Waals surface area contributed by atoms with Gasteiger partial charge in [-0.3, -0.25) is 14.9 Å². The number of nitrogens with two attached hydrogens (primary N) is 1. The zero-order valence-electron chi connectivity index (χ0n) is 17.5. The number of ether oxygens (including phenoxy) is 1. The molecule has 0 aliphatic carbocycles. The first-order chi connectivity index (χ1) is 14.3. The van der Waals surface area contributed by atoms with Crippen molar-refractivity contribution in [2.45, 2.75) is 33.2 Å². The minimum Gasteiger partial charge on any atom is -0.494 e. The Labute approximate surface area is 183 Å². The van der Waals surface area contributed by atoms with Gasteiger partial charge in [-0.1, -0.05) is 44.2 Å². The van der Waals surface area contributed by atoms with Crippen LogP contribution in [0.3, 0.4) is 0 Å². The van der Waals surface area contributed by atoms with Crippen LogP contribution in [0.1, 0.15) is 42.6 Å². The molecule has 2 aromatic rings. The molecular weight excluding hydrogens is 398 g/mol. The molecule has 0 aliphatic heterocycles. The molecule has 7 heteroatoms. The second-order valence-electron chi connectivity index (χ2n) is 7.44. The molecule has 6 nitrogen and oxygen atoms in total. The van der Waals surface area contributed by atoms with Gasteiger partial charge in [-0.05, 0) is 54.4 Å². The van der Waals surface area contributed by atoms with Crippen LogP contribution in [0.2, 0.25) is 0 Å². The SMILES string of the molecule is CC(C)CCOc1ccc(C(=O)NC(=S)N(CCC(N)=O)Cc2ccccc2)cc1. The van der Waals surface area contributed by atoms with E-state index in [4.69, 9.17) is 22.7 Å². The van der Waals surface area contributed by atoms with Gasteiger partial charge in [0.1, 0.15) is 5.75 Å². The first kappa shape index (κ1) is 23.3. The van der Waals surface area contributed by atoms with E-state index in [2.05, 4.69) is 19.2 Å². The van der Waals surface area contributed by atoms with E-state index in [0.29, 0.717) is 31.2 Å². The van der Waals surface area contributed by atoms with Crippen LogP contribution in [0.25, 0.3) is 0 Å². The Morgan fingerprint density at radius 3 is 2.37 bits per heavy atom. The Bertz CT molecular complexity index is 839. The summed E-state index contributed by atoms with van der Waals surface area (Å²) in [4.78, 5) is 25.6. The summed E-state index contributed by atoms with van der Waals surface area (Å²) in [6.07, 6.45) is 1.12. The molecular formula is C23H29N3O3S.